The van der Waals surface area contributed by atoms with Gasteiger partial charge in [-0.15, -0.1) is 0 Å². The Kier molecular flexibility index (Phi) is 5.22. The van der Waals surface area contributed by atoms with Gasteiger partial charge in [0.25, 0.3) is 0 Å². The van der Waals surface area contributed by atoms with Gasteiger partial charge in [0.2, 0.25) is 0 Å². The van der Waals surface area contributed by atoms with Crippen molar-refractivity contribution < 1.29 is 0 Å². The van der Waals surface area contributed by atoms with Crippen molar-refractivity contribution in [3.63, 3.8) is 0 Å². The Morgan fingerprint density at radius 1 is 0.885 bits per heavy atom. The summed E-state index contributed by atoms with van der Waals surface area (Å²) in [7, 11) is 0. The fourth-order valence-electron chi connectivity index (χ4n) is 3.39. The molecule has 130 valence electrons. The van der Waals surface area contributed by atoms with Gasteiger partial charge in [-0.25, -0.2) is 0 Å². The topological polar surface area (TPSA) is 15.3 Å². The number of nitrogens with one attached hydrogen (secondary N) is 1. The Morgan fingerprint density at radius 3 is 2.38 bits per heavy atom. The van der Waals surface area contributed by atoms with Crippen LogP contribution in [-0.2, 0) is 0 Å². The summed E-state index contributed by atoms with van der Waals surface area (Å²) in [5.74, 6) is 6.86. The zero-order valence-electron chi connectivity index (χ0n) is 14.6. The van der Waals surface area contributed by atoms with Gasteiger partial charge in [0.05, 0.1) is 6.04 Å². The standard InChI is InChI=1S/C23H21ClN2/c24-22-10-5-18(6-11-22)7-12-23(26-15-13-25-14-16-26)21-9-8-19-3-1-2-4-20(19)17-21/h1-6,8-11,17,23,25H,13-16H2. The first-order chi connectivity index (χ1) is 12.8. The molecule has 1 N–H and O–H groups in total. The van der Waals surface area contributed by atoms with E-state index in [1.165, 1.54) is 16.3 Å². The lowest BCUT2D eigenvalue weighted by atomic mass is 10.00. The molecule has 3 aromatic carbocycles. The van der Waals surface area contributed by atoms with Gasteiger partial charge in [-0.3, -0.25) is 4.90 Å². The molecule has 0 amide bonds. The molecule has 1 aliphatic rings. The summed E-state index contributed by atoms with van der Waals surface area (Å²) in [4.78, 5) is 2.46. The van der Waals surface area contributed by atoms with Gasteiger partial charge in [0.15, 0.2) is 0 Å². The van der Waals surface area contributed by atoms with E-state index in [9.17, 15) is 0 Å². The maximum absolute atomic E-state index is 5.98. The summed E-state index contributed by atoms with van der Waals surface area (Å²) in [6.45, 7) is 4.03. The van der Waals surface area contributed by atoms with Crippen molar-refractivity contribution in [2.45, 2.75) is 6.04 Å². The number of halogens is 1. The molecule has 0 spiro atoms. The molecule has 0 saturated carbocycles. The number of hydrogen-bond donors (Lipinski definition) is 1. The highest BCUT2D eigenvalue weighted by atomic mass is 35.5. The third-order valence-electron chi connectivity index (χ3n) is 4.80. The number of benzene rings is 3. The lowest BCUT2D eigenvalue weighted by Gasteiger charge is -2.32. The summed E-state index contributed by atoms with van der Waals surface area (Å²) >= 11 is 5.98. The highest BCUT2D eigenvalue weighted by molar-refractivity contribution is 6.30. The molecule has 0 aliphatic carbocycles. The SMILES string of the molecule is Clc1ccc(C#CC(c2ccc3ccccc3c2)N2CCNCC2)cc1. The van der Waals surface area contributed by atoms with Crippen molar-refractivity contribution in [3.8, 4) is 11.8 Å². The quantitative estimate of drug-likeness (QED) is 0.677. The van der Waals surface area contributed by atoms with Crippen molar-refractivity contribution in [1.29, 1.82) is 0 Å². The Balaban J connectivity index is 1.71. The van der Waals surface area contributed by atoms with Gasteiger partial charge in [-0.1, -0.05) is 59.8 Å². The van der Waals surface area contributed by atoms with E-state index < -0.39 is 0 Å². The number of piperazine rings is 1. The normalized spacial score (nSPS) is 16.0. The van der Waals surface area contributed by atoms with E-state index in [0.717, 1.165) is 36.8 Å². The molecule has 1 saturated heterocycles. The third-order valence-corrected chi connectivity index (χ3v) is 5.06. The summed E-state index contributed by atoms with van der Waals surface area (Å²) < 4.78 is 0. The summed E-state index contributed by atoms with van der Waals surface area (Å²) in [6.07, 6.45) is 0. The van der Waals surface area contributed by atoms with Crippen LogP contribution in [0.4, 0.5) is 0 Å². The number of fused-ring (bicyclic) bond motifs is 1. The van der Waals surface area contributed by atoms with Crippen molar-refractivity contribution in [3.05, 3.63) is 82.9 Å². The molecule has 0 bridgehead atoms. The first kappa shape index (κ1) is 17.1. The molecule has 4 rings (SSSR count). The zero-order valence-corrected chi connectivity index (χ0v) is 15.3. The molecule has 0 aromatic heterocycles. The van der Waals surface area contributed by atoms with E-state index in [-0.39, 0.29) is 6.04 Å². The highest BCUT2D eigenvalue weighted by Crippen LogP contribution is 2.25. The van der Waals surface area contributed by atoms with Gasteiger partial charge in [0, 0.05) is 36.8 Å². The second kappa shape index (κ2) is 7.93. The molecule has 26 heavy (non-hydrogen) atoms. The summed E-state index contributed by atoms with van der Waals surface area (Å²) in [5.41, 5.74) is 2.25. The Hall–Kier alpha value is -2.31. The average Bonchev–Trinajstić information content (AvgIpc) is 2.70. The minimum atomic E-state index is 0.0948. The minimum absolute atomic E-state index is 0.0948. The van der Waals surface area contributed by atoms with E-state index >= 15 is 0 Å². The van der Waals surface area contributed by atoms with Crippen LogP contribution < -0.4 is 5.32 Å². The Bertz CT molecular complexity index is 947. The third kappa shape index (κ3) is 3.92. The van der Waals surface area contributed by atoms with Crippen LogP contribution in [0, 0.1) is 11.8 Å². The van der Waals surface area contributed by atoms with Crippen LogP contribution in [0.2, 0.25) is 5.02 Å². The lowest BCUT2D eigenvalue weighted by Crippen LogP contribution is -2.44. The van der Waals surface area contributed by atoms with Crippen LogP contribution in [0.25, 0.3) is 10.8 Å². The fourth-order valence-corrected chi connectivity index (χ4v) is 3.51. The van der Waals surface area contributed by atoms with Crippen molar-refractivity contribution >= 4 is 22.4 Å². The highest BCUT2D eigenvalue weighted by Gasteiger charge is 2.20. The molecule has 2 nitrogen and oxygen atoms in total. The molecule has 3 aromatic rings. The van der Waals surface area contributed by atoms with Gasteiger partial charge in [0.1, 0.15) is 0 Å². The Morgan fingerprint density at radius 2 is 1.62 bits per heavy atom. The van der Waals surface area contributed by atoms with Crippen LogP contribution in [-0.4, -0.2) is 31.1 Å². The van der Waals surface area contributed by atoms with E-state index in [1.54, 1.807) is 0 Å². The lowest BCUT2D eigenvalue weighted by molar-refractivity contribution is 0.209. The van der Waals surface area contributed by atoms with Crippen molar-refractivity contribution in [2.24, 2.45) is 0 Å². The smallest absolute Gasteiger partial charge is 0.0975 e. The largest absolute Gasteiger partial charge is 0.314 e. The van der Waals surface area contributed by atoms with Crippen LogP contribution in [0.3, 0.4) is 0 Å². The second-order valence-corrected chi connectivity index (χ2v) is 7.01. The minimum Gasteiger partial charge on any atom is -0.314 e. The van der Waals surface area contributed by atoms with E-state index in [2.05, 4.69) is 64.5 Å². The number of hydrogen-bond acceptors (Lipinski definition) is 2. The maximum atomic E-state index is 5.98. The van der Waals surface area contributed by atoms with Gasteiger partial charge < -0.3 is 5.32 Å². The molecule has 1 atom stereocenters. The van der Waals surface area contributed by atoms with Gasteiger partial charge >= 0.3 is 0 Å². The second-order valence-electron chi connectivity index (χ2n) is 6.57. The van der Waals surface area contributed by atoms with Crippen molar-refractivity contribution in [2.75, 3.05) is 26.2 Å². The predicted molar refractivity (Wildman–Crippen MR) is 109 cm³/mol. The fraction of sp³-hybridized carbons (Fsp3) is 0.217. The monoisotopic (exact) mass is 360 g/mol. The molecule has 3 heteroatoms. The molecular formula is C23H21ClN2. The molecular weight excluding hydrogens is 340 g/mol. The molecule has 1 aliphatic heterocycles. The predicted octanol–water partition coefficient (Wildman–Crippen LogP) is 4.49. The summed E-state index contributed by atoms with van der Waals surface area (Å²) in [6, 6.07) is 23.0. The zero-order chi connectivity index (χ0) is 17.8. The van der Waals surface area contributed by atoms with E-state index in [1.807, 2.05) is 24.3 Å². The van der Waals surface area contributed by atoms with Crippen LogP contribution >= 0.6 is 11.6 Å². The molecule has 1 heterocycles. The van der Waals surface area contributed by atoms with Gasteiger partial charge in [-0.2, -0.15) is 0 Å². The summed E-state index contributed by atoms with van der Waals surface area (Å²) in [5, 5.41) is 6.69. The van der Waals surface area contributed by atoms with E-state index in [4.69, 9.17) is 11.6 Å². The molecule has 1 fully saturated rings. The Labute approximate surface area is 159 Å². The number of nitrogens with zero attached hydrogens (tertiary/aromatic N) is 1. The van der Waals surface area contributed by atoms with E-state index in [0.29, 0.717) is 0 Å². The molecule has 1 unspecified atom stereocenters. The number of rotatable bonds is 2. The average molecular weight is 361 g/mol. The maximum Gasteiger partial charge on any atom is 0.0975 e. The first-order valence-electron chi connectivity index (χ1n) is 9.00. The first-order valence-corrected chi connectivity index (χ1v) is 9.38. The van der Waals surface area contributed by atoms with Crippen molar-refractivity contribution in [1.82, 2.24) is 10.2 Å². The molecule has 0 radical (unpaired) electrons. The van der Waals surface area contributed by atoms with Crippen LogP contribution in [0.15, 0.2) is 66.7 Å². The van der Waals surface area contributed by atoms with Crippen LogP contribution in [0.1, 0.15) is 17.2 Å². The van der Waals surface area contributed by atoms with Gasteiger partial charge in [-0.05, 0) is 46.7 Å². The van der Waals surface area contributed by atoms with Crippen LogP contribution in [0.5, 0.6) is 0 Å².